The van der Waals surface area contributed by atoms with Crippen molar-refractivity contribution in [1.82, 2.24) is 0 Å². The van der Waals surface area contributed by atoms with Crippen LogP contribution in [-0.4, -0.2) is 6.54 Å². The molecule has 0 radical (unpaired) electrons. The van der Waals surface area contributed by atoms with Crippen LogP contribution in [0, 0.1) is 6.92 Å². The molecule has 0 spiro atoms. The molecule has 0 fully saturated rings. The highest BCUT2D eigenvalue weighted by Gasteiger charge is 1.97. The maximum absolute atomic E-state index is 5.49. The van der Waals surface area contributed by atoms with Gasteiger partial charge in [0.15, 0.2) is 0 Å². The summed E-state index contributed by atoms with van der Waals surface area (Å²) < 4.78 is 0. The Morgan fingerprint density at radius 3 is 2.67 bits per heavy atom. The summed E-state index contributed by atoms with van der Waals surface area (Å²) in [5.74, 6) is 0. The molecule has 1 rings (SSSR count). The van der Waals surface area contributed by atoms with Crippen LogP contribution in [0.4, 0.5) is 0 Å². The molecule has 1 aromatic carbocycles. The summed E-state index contributed by atoms with van der Waals surface area (Å²) in [6.45, 7) is 5.09. The topological polar surface area (TPSA) is 26.0 Å². The predicted octanol–water partition coefficient (Wildman–Crippen LogP) is 2.06. The van der Waals surface area contributed by atoms with E-state index in [1.165, 1.54) is 16.7 Å². The van der Waals surface area contributed by atoms with E-state index in [0.717, 1.165) is 19.4 Å². The van der Waals surface area contributed by atoms with E-state index in [9.17, 15) is 0 Å². The van der Waals surface area contributed by atoms with Gasteiger partial charge in [0.2, 0.25) is 0 Å². The monoisotopic (exact) mass is 163 g/mol. The number of aryl methyl sites for hydroxylation is 2. The van der Waals surface area contributed by atoms with Crippen LogP contribution in [-0.2, 0) is 12.8 Å². The van der Waals surface area contributed by atoms with Crippen LogP contribution >= 0.6 is 0 Å². The van der Waals surface area contributed by atoms with Crippen LogP contribution in [0.25, 0.3) is 0 Å². The summed E-state index contributed by atoms with van der Waals surface area (Å²) in [5.41, 5.74) is 9.68. The Morgan fingerprint density at radius 2 is 2.08 bits per heavy atom. The highest BCUT2D eigenvalue weighted by Crippen LogP contribution is 2.11. The van der Waals surface area contributed by atoms with Gasteiger partial charge in [0.1, 0.15) is 0 Å². The Labute approximate surface area is 74.6 Å². The fraction of sp³-hybridized carbons (Fsp3) is 0.455. The van der Waals surface area contributed by atoms with E-state index in [2.05, 4.69) is 32.0 Å². The van der Waals surface area contributed by atoms with Crippen molar-refractivity contribution < 1.29 is 0 Å². The molecule has 0 atom stereocenters. The fourth-order valence-corrected chi connectivity index (χ4v) is 1.43. The third-order valence-corrected chi connectivity index (χ3v) is 2.23. The summed E-state index contributed by atoms with van der Waals surface area (Å²) >= 11 is 0. The van der Waals surface area contributed by atoms with Crippen molar-refractivity contribution in [2.75, 3.05) is 6.54 Å². The van der Waals surface area contributed by atoms with Crippen LogP contribution in [0.1, 0.15) is 23.6 Å². The zero-order valence-corrected chi connectivity index (χ0v) is 7.93. The molecule has 0 saturated carbocycles. The number of hydrogen-bond donors (Lipinski definition) is 1. The first kappa shape index (κ1) is 9.27. The molecule has 0 aliphatic carbocycles. The molecule has 0 aliphatic rings. The predicted molar refractivity (Wildman–Crippen MR) is 53.3 cm³/mol. The lowest BCUT2D eigenvalue weighted by Crippen LogP contribution is -2.03. The van der Waals surface area contributed by atoms with E-state index in [4.69, 9.17) is 5.73 Å². The summed E-state index contributed by atoms with van der Waals surface area (Å²) in [6, 6.07) is 6.62. The Hall–Kier alpha value is -0.820. The van der Waals surface area contributed by atoms with Gasteiger partial charge < -0.3 is 5.73 Å². The summed E-state index contributed by atoms with van der Waals surface area (Å²) in [4.78, 5) is 0. The summed E-state index contributed by atoms with van der Waals surface area (Å²) in [6.07, 6.45) is 2.11. The summed E-state index contributed by atoms with van der Waals surface area (Å²) in [5, 5.41) is 0. The van der Waals surface area contributed by atoms with E-state index in [-0.39, 0.29) is 0 Å². The van der Waals surface area contributed by atoms with E-state index in [1.807, 2.05) is 0 Å². The second kappa shape index (κ2) is 4.27. The van der Waals surface area contributed by atoms with Crippen molar-refractivity contribution in [3.05, 3.63) is 34.9 Å². The number of benzene rings is 1. The van der Waals surface area contributed by atoms with E-state index in [1.54, 1.807) is 0 Å². The van der Waals surface area contributed by atoms with Gasteiger partial charge in [0, 0.05) is 0 Å². The summed E-state index contributed by atoms with van der Waals surface area (Å²) in [7, 11) is 0. The largest absolute Gasteiger partial charge is 0.330 e. The maximum atomic E-state index is 5.49. The second-order valence-corrected chi connectivity index (χ2v) is 3.15. The molecule has 1 nitrogen and oxygen atoms in total. The van der Waals surface area contributed by atoms with Crippen LogP contribution in [0.5, 0.6) is 0 Å². The van der Waals surface area contributed by atoms with Gasteiger partial charge in [-0.05, 0) is 43.0 Å². The van der Waals surface area contributed by atoms with E-state index in [0.29, 0.717) is 0 Å². The lowest BCUT2D eigenvalue weighted by Gasteiger charge is -2.05. The lowest BCUT2D eigenvalue weighted by molar-refractivity contribution is 0.959. The van der Waals surface area contributed by atoms with Crippen molar-refractivity contribution in [2.24, 2.45) is 5.73 Å². The number of hydrogen-bond acceptors (Lipinski definition) is 1. The first-order chi connectivity index (χ1) is 5.77. The molecule has 0 amide bonds. The molecule has 0 heterocycles. The smallest absolute Gasteiger partial charge is 0.00367 e. The Balaban J connectivity index is 2.89. The minimum atomic E-state index is 0.742. The third kappa shape index (κ3) is 2.08. The zero-order chi connectivity index (χ0) is 8.97. The Morgan fingerprint density at radius 1 is 1.33 bits per heavy atom. The average molecular weight is 163 g/mol. The van der Waals surface area contributed by atoms with Crippen molar-refractivity contribution in [2.45, 2.75) is 26.7 Å². The molecule has 1 aromatic rings. The minimum absolute atomic E-state index is 0.742. The van der Waals surface area contributed by atoms with Crippen molar-refractivity contribution in [3.8, 4) is 0 Å². The third-order valence-electron chi connectivity index (χ3n) is 2.23. The highest BCUT2D eigenvalue weighted by atomic mass is 14.5. The van der Waals surface area contributed by atoms with Gasteiger partial charge in [-0.2, -0.15) is 0 Å². The van der Waals surface area contributed by atoms with Gasteiger partial charge in [0.25, 0.3) is 0 Å². The van der Waals surface area contributed by atoms with Gasteiger partial charge in [-0.1, -0.05) is 25.1 Å². The van der Waals surface area contributed by atoms with E-state index >= 15 is 0 Å². The van der Waals surface area contributed by atoms with Crippen LogP contribution in [0.3, 0.4) is 0 Å². The number of rotatable bonds is 3. The van der Waals surface area contributed by atoms with Gasteiger partial charge in [-0.15, -0.1) is 0 Å². The molecule has 0 aliphatic heterocycles. The standard InChI is InChI=1S/C11H17N/c1-3-11-8-10(6-7-12)5-4-9(11)2/h4-5,8H,3,6-7,12H2,1-2H3. The van der Waals surface area contributed by atoms with E-state index < -0.39 is 0 Å². The maximum Gasteiger partial charge on any atom is -0.00367 e. The number of nitrogens with two attached hydrogens (primary N) is 1. The molecule has 0 saturated heterocycles. The molecule has 2 N–H and O–H groups in total. The van der Waals surface area contributed by atoms with Crippen LogP contribution < -0.4 is 5.73 Å². The normalized spacial score (nSPS) is 10.2. The van der Waals surface area contributed by atoms with Crippen LogP contribution in [0.15, 0.2) is 18.2 Å². The quantitative estimate of drug-likeness (QED) is 0.725. The first-order valence-electron chi connectivity index (χ1n) is 4.56. The molecular formula is C11H17N. The van der Waals surface area contributed by atoms with Crippen molar-refractivity contribution in [1.29, 1.82) is 0 Å². The average Bonchev–Trinajstić information content (AvgIpc) is 2.09. The highest BCUT2D eigenvalue weighted by molar-refractivity contribution is 5.31. The minimum Gasteiger partial charge on any atom is -0.330 e. The molecule has 0 bridgehead atoms. The van der Waals surface area contributed by atoms with Crippen molar-refractivity contribution in [3.63, 3.8) is 0 Å². The fourth-order valence-electron chi connectivity index (χ4n) is 1.43. The second-order valence-electron chi connectivity index (χ2n) is 3.15. The van der Waals surface area contributed by atoms with Gasteiger partial charge >= 0.3 is 0 Å². The van der Waals surface area contributed by atoms with Gasteiger partial charge in [-0.3, -0.25) is 0 Å². The molecule has 12 heavy (non-hydrogen) atoms. The SMILES string of the molecule is CCc1cc(CCN)ccc1C. The molecule has 66 valence electrons. The van der Waals surface area contributed by atoms with Crippen molar-refractivity contribution >= 4 is 0 Å². The van der Waals surface area contributed by atoms with Gasteiger partial charge in [0.05, 0.1) is 0 Å². The molecule has 0 unspecified atom stereocenters. The Bertz CT molecular complexity index is 253. The van der Waals surface area contributed by atoms with Crippen LogP contribution in [0.2, 0.25) is 0 Å². The van der Waals surface area contributed by atoms with Gasteiger partial charge in [-0.25, -0.2) is 0 Å². The molecule has 0 aromatic heterocycles. The Kier molecular flexibility index (Phi) is 3.30. The lowest BCUT2D eigenvalue weighted by atomic mass is 10.0. The molecular weight excluding hydrogens is 146 g/mol. The molecule has 1 heteroatoms. The zero-order valence-electron chi connectivity index (χ0n) is 7.93. The first-order valence-corrected chi connectivity index (χ1v) is 4.56.